The van der Waals surface area contributed by atoms with E-state index in [2.05, 4.69) is 15.1 Å². The molecule has 5 heteroatoms. The molecule has 0 amide bonds. The van der Waals surface area contributed by atoms with E-state index >= 15 is 0 Å². The van der Waals surface area contributed by atoms with Crippen molar-refractivity contribution in [1.82, 2.24) is 14.6 Å². The van der Waals surface area contributed by atoms with E-state index in [-0.39, 0.29) is 11.1 Å². The largest absolute Gasteiger partial charge is 0.346 e. The Morgan fingerprint density at radius 2 is 2.22 bits per heavy atom. The topological polar surface area (TPSA) is 63.0 Å². The van der Waals surface area contributed by atoms with Crippen molar-refractivity contribution in [2.24, 2.45) is 5.10 Å². The second-order valence-corrected chi connectivity index (χ2v) is 5.10. The van der Waals surface area contributed by atoms with Crippen LogP contribution in [0, 0.1) is 0 Å². The van der Waals surface area contributed by atoms with Gasteiger partial charge in [-0.3, -0.25) is 4.98 Å². The zero-order valence-corrected chi connectivity index (χ0v) is 10.7. The average Bonchev–Trinajstić information content (AvgIpc) is 2.69. The van der Waals surface area contributed by atoms with Crippen LogP contribution in [0.4, 0.5) is 0 Å². The van der Waals surface area contributed by atoms with Crippen LogP contribution in [0.5, 0.6) is 0 Å². The van der Waals surface area contributed by atoms with Gasteiger partial charge in [0.15, 0.2) is 0 Å². The molecule has 0 bridgehead atoms. The highest BCUT2D eigenvalue weighted by Crippen LogP contribution is 2.18. The molecule has 0 radical (unpaired) electrons. The summed E-state index contributed by atoms with van der Waals surface area (Å²) >= 11 is 0. The predicted molar refractivity (Wildman–Crippen MR) is 71.0 cm³/mol. The number of imidazole rings is 1. The summed E-state index contributed by atoms with van der Waals surface area (Å²) in [7, 11) is 0. The van der Waals surface area contributed by atoms with Gasteiger partial charge in [-0.05, 0) is 6.07 Å². The number of aromatic amines is 1. The van der Waals surface area contributed by atoms with Crippen molar-refractivity contribution in [3.8, 4) is 0 Å². The van der Waals surface area contributed by atoms with Crippen molar-refractivity contribution >= 4 is 6.21 Å². The van der Waals surface area contributed by atoms with E-state index in [0.29, 0.717) is 0 Å². The van der Waals surface area contributed by atoms with Gasteiger partial charge in [0.05, 0.1) is 12.4 Å². The molecule has 0 fully saturated rings. The fourth-order valence-corrected chi connectivity index (χ4v) is 1.43. The zero-order chi connectivity index (χ0) is 13.2. The number of hydrogen-bond donors (Lipinski definition) is 1. The lowest BCUT2D eigenvalue weighted by atomic mass is 9.93. The second-order valence-electron chi connectivity index (χ2n) is 5.10. The number of rotatable bonds is 2. The Bertz CT molecular complexity index is 602. The third kappa shape index (κ3) is 2.74. The van der Waals surface area contributed by atoms with Crippen molar-refractivity contribution in [1.29, 1.82) is 0 Å². The number of pyridine rings is 1. The zero-order valence-electron chi connectivity index (χ0n) is 10.7. The molecule has 0 aromatic carbocycles. The van der Waals surface area contributed by atoms with Crippen LogP contribution in [-0.2, 0) is 5.41 Å². The van der Waals surface area contributed by atoms with E-state index < -0.39 is 0 Å². The molecule has 2 heterocycles. The van der Waals surface area contributed by atoms with Crippen molar-refractivity contribution in [3.63, 3.8) is 0 Å². The summed E-state index contributed by atoms with van der Waals surface area (Å²) in [4.78, 5) is 18.5. The monoisotopic (exact) mass is 244 g/mol. The molecule has 0 saturated carbocycles. The van der Waals surface area contributed by atoms with Gasteiger partial charge in [0.2, 0.25) is 0 Å². The molecule has 1 N–H and O–H groups in total. The Labute approximate surface area is 105 Å². The minimum Gasteiger partial charge on any atom is -0.308 e. The van der Waals surface area contributed by atoms with Gasteiger partial charge in [0.25, 0.3) is 0 Å². The molecule has 0 unspecified atom stereocenters. The Morgan fingerprint density at radius 3 is 2.78 bits per heavy atom. The van der Waals surface area contributed by atoms with E-state index in [1.807, 2.05) is 32.9 Å². The molecule has 2 rings (SSSR count). The number of nitrogens with zero attached hydrogens (tertiary/aromatic N) is 3. The Kier molecular flexibility index (Phi) is 3.14. The highest BCUT2D eigenvalue weighted by atomic mass is 16.1. The van der Waals surface area contributed by atoms with Gasteiger partial charge >= 0.3 is 5.69 Å². The minimum atomic E-state index is -0.236. The number of aromatic nitrogens is 3. The summed E-state index contributed by atoms with van der Waals surface area (Å²) in [6.45, 7) is 6.11. The standard InChI is InChI=1S/C13H16N4O/c1-13(2,3)11-9-17(12(18)16-11)15-8-10-5-4-6-14-7-10/h4-9H,1-3H3,(H,16,18). The van der Waals surface area contributed by atoms with Gasteiger partial charge in [-0.1, -0.05) is 26.8 Å². The molecule has 0 spiro atoms. The first kappa shape index (κ1) is 12.3. The molecular formula is C13H16N4O. The maximum Gasteiger partial charge on any atom is 0.346 e. The fourth-order valence-electron chi connectivity index (χ4n) is 1.43. The smallest absolute Gasteiger partial charge is 0.308 e. The van der Waals surface area contributed by atoms with Crippen molar-refractivity contribution in [2.45, 2.75) is 26.2 Å². The lowest BCUT2D eigenvalue weighted by molar-refractivity contribution is 0.571. The van der Waals surface area contributed by atoms with E-state index in [1.54, 1.807) is 24.8 Å². The third-order valence-electron chi connectivity index (χ3n) is 2.52. The SMILES string of the molecule is CC(C)(C)c1cn(N=Cc2cccnc2)c(=O)[nH]1. The van der Waals surface area contributed by atoms with Crippen LogP contribution in [-0.4, -0.2) is 20.9 Å². The van der Waals surface area contributed by atoms with Crippen molar-refractivity contribution in [3.05, 3.63) is 52.5 Å². The van der Waals surface area contributed by atoms with Gasteiger partial charge in [0.1, 0.15) is 0 Å². The average molecular weight is 244 g/mol. The molecule has 94 valence electrons. The lowest BCUT2D eigenvalue weighted by Gasteiger charge is -2.14. The van der Waals surface area contributed by atoms with E-state index in [1.165, 1.54) is 4.68 Å². The van der Waals surface area contributed by atoms with Gasteiger partial charge in [-0.25, -0.2) is 4.79 Å². The summed E-state index contributed by atoms with van der Waals surface area (Å²) < 4.78 is 1.30. The molecule has 2 aromatic heterocycles. The quantitative estimate of drug-likeness (QED) is 0.818. The summed E-state index contributed by atoms with van der Waals surface area (Å²) in [5, 5.41) is 4.12. The van der Waals surface area contributed by atoms with Crippen LogP contribution in [0.2, 0.25) is 0 Å². The number of H-pyrrole nitrogens is 1. The molecule has 0 aliphatic carbocycles. The Morgan fingerprint density at radius 1 is 1.44 bits per heavy atom. The molecule has 0 aliphatic rings. The summed E-state index contributed by atoms with van der Waals surface area (Å²) in [5.41, 5.74) is 1.37. The van der Waals surface area contributed by atoms with Crippen LogP contribution in [0.1, 0.15) is 32.0 Å². The molecule has 18 heavy (non-hydrogen) atoms. The molecule has 0 aliphatic heterocycles. The Balaban J connectivity index is 2.28. The first-order valence-electron chi connectivity index (χ1n) is 5.73. The van der Waals surface area contributed by atoms with Crippen LogP contribution < -0.4 is 5.69 Å². The van der Waals surface area contributed by atoms with Gasteiger partial charge in [-0.2, -0.15) is 9.78 Å². The number of nitrogens with one attached hydrogen (secondary N) is 1. The highest BCUT2D eigenvalue weighted by molar-refractivity contribution is 5.78. The first-order valence-corrected chi connectivity index (χ1v) is 5.73. The molecule has 0 atom stereocenters. The van der Waals surface area contributed by atoms with Gasteiger partial charge < -0.3 is 4.98 Å². The van der Waals surface area contributed by atoms with Crippen LogP contribution in [0.3, 0.4) is 0 Å². The Hall–Kier alpha value is -2.17. The summed E-state index contributed by atoms with van der Waals surface area (Å²) in [5.74, 6) is 0. The second kappa shape index (κ2) is 4.60. The van der Waals surface area contributed by atoms with Crippen LogP contribution in [0.15, 0.2) is 40.6 Å². The third-order valence-corrected chi connectivity index (χ3v) is 2.52. The van der Waals surface area contributed by atoms with E-state index in [0.717, 1.165) is 11.3 Å². The highest BCUT2D eigenvalue weighted by Gasteiger charge is 2.17. The molecule has 2 aromatic rings. The minimum absolute atomic E-state index is 0.103. The van der Waals surface area contributed by atoms with Crippen molar-refractivity contribution < 1.29 is 0 Å². The first-order chi connectivity index (χ1) is 8.47. The molecular weight excluding hydrogens is 228 g/mol. The van der Waals surface area contributed by atoms with Gasteiger partial charge in [0, 0.05) is 29.1 Å². The van der Waals surface area contributed by atoms with Crippen molar-refractivity contribution in [2.75, 3.05) is 0 Å². The predicted octanol–water partition coefficient (Wildman–Crippen LogP) is 1.75. The van der Waals surface area contributed by atoms with Gasteiger partial charge in [-0.15, -0.1) is 0 Å². The summed E-state index contributed by atoms with van der Waals surface area (Å²) in [6.07, 6.45) is 6.70. The fraction of sp³-hybridized carbons (Fsp3) is 0.308. The maximum absolute atomic E-state index is 11.7. The van der Waals surface area contributed by atoms with E-state index in [4.69, 9.17) is 0 Å². The lowest BCUT2D eigenvalue weighted by Crippen LogP contribution is -2.15. The van der Waals surface area contributed by atoms with Crippen LogP contribution in [0.25, 0.3) is 0 Å². The number of hydrogen-bond acceptors (Lipinski definition) is 3. The maximum atomic E-state index is 11.7. The normalized spacial score (nSPS) is 12.2. The van der Waals surface area contributed by atoms with Crippen LogP contribution >= 0.6 is 0 Å². The van der Waals surface area contributed by atoms with E-state index in [9.17, 15) is 4.79 Å². The molecule has 0 saturated heterocycles. The molecule has 5 nitrogen and oxygen atoms in total. The summed E-state index contributed by atoms with van der Waals surface area (Å²) in [6, 6.07) is 3.70.